The molecule has 1 N–H and O–H groups in total. The Balaban J connectivity index is -0.000000147. The van der Waals surface area contributed by atoms with Crippen LogP contribution in [0.25, 0.3) is 0 Å². The van der Waals surface area contributed by atoms with Gasteiger partial charge in [-0.2, -0.15) is 0 Å². The van der Waals surface area contributed by atoms with Crippen molar-refractivity contribution in [3.63, 3.8) is 0 Å². The molecule has 0 saturated carbocycles. The zero-order chi connectivity index (χ0) is 28.3. The normalized spacial score (nSPS) is 8.71. The molecule has 0 aliphatic rings. The van der Waals surface area contributed by atoms with E-state index in [4.69, 9.17) is 0 Å². The van der Waals surface area contributed by atoms with Crippen molar-refractivity contribution >= 4 is 11.5 Å². The van der Waals surface area contributed by atoms with Gasteiger partial charge in [-0.05, 0) is 79.1 Å². The number of nitrogens with one attached hydrogen (secondary N) is 1. The lowest BCUT2D eigenvalue weighted by Gasteiger charge is -2.19. The standard InChI is InChI=1S/C14H24N2O2.C7H12O.4C2H6/c1-4-9-16(5-2)10-7-6-8-15-12-11(3)13(17)14(12)18;1-5(2)6(3)7(4)8;4*1-2/h15H,4-10H2,1-3H3;1-4H3;4*1-2H3. The van der Waals surface area contributed by atoms with Crippen molar-refractivity contribution in [3.8, 4) is 0 Å². The Morgan fingerprint density at radius 2 is 1.24 bits per heavy atom. The van der Waals surface area contributed by atoms with Gasteiger partial charge >= 0.3 is 0 Å². The van der Waals surface area contributed by atoms with Crippen LogP contribution < -0.4 is 16.2 Å². The van der Waals surface area contributed by atoms with Crippen LogP contribution in [0.4, 0.5) is 5.69 Å². The highest BCUT2D eigenvalue weighted by molar-refractivity contribution is 5.93. The summed E-state index contributed by atoms with van der Waals surface area (Å²) in [5.74, 6) is 0.171. The van der Waals surface area contributed by atoms with Crippen LogP contribution in [-0.4, -0.2) is 36.9 Å². The monoisotopic (exact) mass is 484 g/mol. The summed E-state index contributed by atoms with van der Waals surface area (Å²) in [6.45, 7) is 33.5. The van der Waals surface area contributed by atoms with Gasteiger partial charge in [-0.25, -0.2) is 0 Å². The Hall–Kier alpha value is -1.75. The molecule has 1 rings (SSSR count). The molecule has 0 aliphatic carbocycles. The molecule has 5 heteroatoms. The molecule has 0 saturated heterocycles. The van der Waals surface area contributed by atoms with Gasteiger partial charge in [0.2, 0.25) is 10.9 Å². The second-order valence-corrected chi connectivity index (χ2v) is 6.91. The number of anilines is 1. The van der Waals surface area contributed by atoms with Gasteiger partial charge in [-0.1, -0.05) is 74.8 Å². The van der Waals surface area contributed by atoms with E-state index in [-0.39, 0.29) is 16.6 Å². The van der Waals surface area contributed by atoms with Gasteiger partial charge in [-0.3, -0.25) is 14.4 Å². The molecular formula is C29H60N2O3. The van der Waals surface area contributed by atoms with Crippen molar-refractivity contribution in [1.82, 2.24) is 4.90 Å². The molecule has 204 valence electrons. The van der Waals surface area contributed by atoms with E-state index in [1.165, 1.54) is 6.42 Å². The third-order valence-corrected chi connectivity index (χ3v) is 4.62. The maximum atomic E-state index is 11.2. The maximum absolute atomic E-state index is 11.2. The van der Waals surface area contributed by atoms with Crippen molar-refractivity contribution < 1.29 is 4.79 Å². The first kappa shape index (κ1) is 42.4. The first-order valence-corrected chi connectivity index (χ1v) is 13.6. The van der Waals surface area contributed by atoms with Crippen molar-refractivity contribution in [2.45, 2.75) is 123 Å². The zero-order valence-corrected chi connectivity index (χ0v) is 25.6. The Bertz CT molecular complexity index is 665. The SMILES string of the molecule is CC.CC.CC.CC.CC(=O)C(C)=C(C)C.CCCN(CC)CCCCNc1c(C)c(=O)c1=O. The van der Waals surface area contributed by atoms with Crippen LogP contribution >= 0.6 is 0 Å². The van der Waals surface area contributed by atoms with Crippen LogP contribution in [0.1, 0.15) is 122 Å². The molecule has 0 bridgehead atoms. The summed E-state index contributed by atoms with van der Waals surface area (Å²) in [6.07, 6.45) is 3.34. The Morgan fingerprint density at radius 3 is 1.53 bits per heavy atom. The van der Waals surface area contributed by atoms with Gasteiger partial charge < -0.3 is 10.2 Å². The lowest BCUT2D eigenvalue weighted by Crippen LogP contribution is -2.37. The highest BCUT2D eigenvalue weighted by Gasteiger charge is 2.15. The second-order valence-electron chi connectivity index (χ2n) is 6.91. The number of rotatable bonds is 10. The minimum atomic E-state index is -0.353. The van der Waals surface area contributed by atoms with Crippen molar-refractivity contribution in [2.75, 3.05) is 31.5 Å². The van der Waals surface area contributed by atoms with E-state index >= 15 is 0 Å². The molecule has 34 heavy (non-hydrogen) atoms. The predicted octanol–water partition coefficient (Wildman–Crippen LogP) is 7.55. The number of unbranched alkanes of at least 4 members (excludes halogenated alkanes) is 1. The predicted molar refractivity (Wildman–Crippen MR) is 156 cm³/mol. The average Bonchev–Trinajstić information content (AvgIpc) is 2.89. The Kier molecular flexibility index (Phi) is 39.0. The number of carbonyl (C=O) groups excluding carboxylic acids is 1. The van der Waals surface area contributed by atoms with Crippen molar-refractivity contribution in [1.29, 1.82) is 0 Å². The van der Waals surface area contributed by atoms with E-state index in [1.54, 1.807) is 13.8 Å². The third kappa shape index (κ3) is 20.8. The first-order valence-electron chi connectivity index (χ1n) is 13.6. The smallest absolute Gasteiger partial charge is 0.249 e. The van der Waals surface area contributed by atoms with E-state index in [0.717, 1.165) is 50.2 Å². The van der Waals surface area contributed by atoms with E-state index in [1.807, 2.05) is 76.2 Å². The number of nitrogens with zero attached hydrogens (tertiary/aromatic N) is 1. The Labute approximate surface area is 213 Å². The minimum Gasteiger partial charge on any atom is -0.381 e. The molecule has 0 aliphatic heterocycles. The van der Waals surface area contributed by atoms with Crippen LogP contribution in [0, 0.1) is 6.92 Å². The van der Waals surface area contributed by atoms with E-state index in [2.05, 4.69) is 24.1 Å². The fraction of sp³-hybridized carbons (Fsp3) is 0.759. The molecule has 0 aromatic heterocycles. The van der Waals surface area contributed by atoms with Crippen LogP contribution in [-0.2, 0) is 4.79 Å². The van der Waals surface area contributed by atoms with E-state index in [0.29, 0.717) is 11.3 Å². The van der Waals surface area contributed by atoms with Gasteiger partial charge in [0.1, 0.15) is 0 Å². The first-order chi connectivity index (χ1) is 16.2. The number of hydrogen-bond acceptors (Lipinski definition) is 5. The molecule has 0 radical (unpaired) electrons. The van der Waals surface area contributed by atoms with E-state index in [9.17, 15) is 14.4 Å². The topological polar surface area (TPSA) is 66.5 Å². The van der Waals surface area contributed by atoms with Crippen LogP contribution in [0.15, 0.2) is 20.7 Å². The maximum Gasteiger partial charge on any atom is 0.249 e. The second kappa shape index (κ2) is 31.2. The molecule has 5 nitrogen and oxygen atoms in total. The van der Waals surface area contributed by atoms with Gasteiger partial charge in [0.25, 0.3) is 0 Å². The zero-order valence-electron chi connectivity index (χ0n) is 25.6. The quantitative estimate of drug-likeness (QED) is 0.211. The highest BCUT2D eigenvalue weighted by Crippen LogP contribution is 2.06. The molecule has 0 unspecified atom stereocenters. The Morgan fingerprint density at radius 1 is 0.765 bits per heavy atom. The number of allylic oxidation sites excluding steroid dienone is 2. The van der Waals surface area contributed by atoms with Crippen molar-refractivity contribution in [2.24, 2.45) is 0 Å². The molecule has 1 aromatic rings. The molecule has 0 heterocycles. The third-order valence-electron chi connectivity index (χ3n) is 4.62. The van der Waals surface area contributed by atoms with Gasteiger partial charge in [0.15, 0.2) is 5.78 Å². The molecule has 0 fully saturated rings. The fourth-order valence-electron chi connectivity index (χ4n) is 2.49. The summed E-state index contributed by atoms with van der Waals surface area (Å²) < 4.78 is 0. The van der Waals surface area contributed by atoms with Gasteiger partial charge in [0, 0.05) is 12.1 Å². The lowest BCUT2D eigenvalue weighted by molar-refractivity contribution is -0.113. The molecule has 0 atom stereocenters. The number of carbonyl (C=O) groups is 1. The van der Waals surface area contributed by atoms with Crippen LogP contribution in [0.2, 0.25) is 0 Å². The molecule has 1 aromatic carbocycles. The van der Waals surface area contributed by atoms with Crippen LogP contribution in [0.3, 0.4) is 0 Å². The highest BCUT2D eigenvalue weighted by atomic mass is 16.2. The molecule has 0 spiro atoms. The van der Waals surface area contributed by atoms with Gasteiger partial charge in [-0.15, -0.1) is 0 Å². The van der Waals surface area contributed by atoms with Gasteiger partial charge in [0.05, 0.1) is 5.69 Å². The molecular weight excluding hydrogens is 424 g/mol. The summed E-state index contributed by atoms with van der Waals surface area (Å²) in [6, 6.07) is 0. The van der Waals surface area contributed by atoms with E-state index < -0.39 is 0 Å². The summed E-state index contributed by atoms with van der Waals surface area (Å²) >= 11 is 0. The summed E-state index contributed by atoms with van der Waals surface area (Å²) in [5.41, 5.74) is 2.41. The van der Waals surface area contributed by atoms with Crippen molar-refractivity contribution in [3.05, 3.63) is 37.2 Å². The number of Topliss-reactive ketones (excluding diaryl/α,β-unsaturated/α-hetero) is 1. The average molecular weight is 485 g/mol. The van der Waals surface area contributed by atoms with Crippen LogP contribution in [0.5, 0.6) is 0 Å². The fourth-order valence-corrected chi connectivity index (χ4v) is 2.49. The summed E-state index contributed by atoms with van der Waals surface area (Å²) in [7, 11) is 0. The summed E-state index contributed by atoms with van der Waals surface area (Å²) in [4.78, 5) is 35.2. The largest absolute Gasteiger partial charge is 0.381 e. The molecule has 0 amide bonds. The summed E-state index contributed by atoms with van der Waals surface area (Å²) in [5, 5.41) is 3.06. The number of hydrogen-bond donors (Lipinski definition) is 1. The lowest BCUT2D eigenvalue weighted by atomic mass is 10.1. The minimum absolute atomic E-state index is 0.171. The number of ketones is 1.